The highest BCUT2D eigenvalue weighted by Crippen LogP contribution is 2.19. The van der Waals surface area contributed by atoms with Gasteiger partial charge in [0.15, 0.2) is 0 Å². The number of hydrogen-bond acceptors (Lipinski definition) is 5. The van der Waals surface area contributed by atoms with Crippen molar-refractivity contribution in [3.05, 3.63) is 68.7 Å². The van der Waals surface area contributed by atoms with E-state index in [1.165, 1.54) is 30.5 Å². The fourth-order valence-corrected chi connectivity index (χ4v) is 2.55. The lowest BCUT2D eigenvalue weighted by atomic mass is 10.2. The molecule has 0 aliphatic carbocycles. The Morgan fingerprint density at radius 3 is 2.81 bits per heavy atom. The molecule has 0 aliphatic rings. The van der Waals surface area contributed by atoms with E-state index in [2.05, 4.69) is 15.5 Å². The van der Waals surface area contributed by atoms with Crippen LogP contribution in [0.25, 0.3) is 0 Å². The van der Waals surface area contributed by atoms with Gasteiger partial charge in [0.25, 0.3) is 11.6 Å². The summed E-state index contributed by atoms with van der Waals surface area (Å²) in [4.78, 5) is 22.5. The van der Waals surface area contributed by atoms with E-state index < -0.39 is 10.8 Å². The number of amides is 1. The van der Waals surface area contributed by atoms with E-state index in [-0.39, 0.29) is 11.3 Å². The van der Waals surface area contributed by atoms with Gasteiger partial charge >= 0.3 is 0 Å². The fourth-order valence-electron chi connectivity index (χ4n) is 2.42. The maximum absolute atomic E-state index is 12.3. The second kappa shape index (κ2) is 6.96. The molecule has 2 aromatic heterocycles. The van der Waals surface area contributed by atoms with E-state index >= 15 is 0 Å². The summed E-state index contributed by atoms with van der Waals surface area (Å²) in [7, 11) is 0. The summed E-state index contributed by atoms with van der Waals surface area (Å²) in [6, 6.07) is 5.51. The monoisotopic (exact) mass is 374 g/mol. The van der Waals surface area contributed by atoms with Crippen molar-refractivity contribution in [1.29, 1.82) is 0 Å². The van der Waals surface area contributed by atoms with Gasteiger partial charge in [-0.15, -0.1) is 0 Å². The number of halogens is 1. The SMILES string of the molecule is Cc1nn(Cn2cc(NC(=O)c3cccc([N+](=O)[O-])c3)cn2)c(C)c1Cl. The molecule has 0 fully saturated rings. The van der Waals surface area contributed by atoms with Crippen LogP contribution in [0, 0.1) is 24.0 Å². The Kier molecular flexibility index (Phi) is 4.72. The number of nitro benzene ring substituents is 1. The van der Waals surface area contributed by atoms with E-state index in [1.807, 2.05) is 13.8 Å². The number of non-ortho nitro benzene ring substituents is 1. The predicted octanol–water partition coefficient (Wildman–Crippen LogP) is 3.02. The van der Waals surface area contributed by atoms with Gasteiger partial charge in [0.1, 0.15) is 6.67 Å². The average molecular weight is 375 g/mol. The quantitative estimate of drug-likeness (QED) is 0.545. The van der Waals surface area contributed by atoms with Crippen molar-refractivity contribution in [3.8, 4) is 0 Å². The maximum Gasteiger partial charge on any atom is 0.270 e. The maximum atomic E-state index is 12.3. The summed E-state index contributed by atoms with van der Waals surface area (Å²) < 4.78 is 3.30. The molecule has 0 bridgehead atoms. The number of nitro groups is 1. The molecule has 1 aromatic carbocycles. The number of aryl methyl sites for hydroxylation is 1. The van der Waals surface area contributed by atoms with Gasteiger partial charge in [0.05, 0.1) is 39.4 Å². The van der Waals surface area contributed by atoms with E-state index in [0.717, 1.165) is 11.4 Å². The van der Waals surface area contributed by atoms with E-state index in [4.69, 9.17) is 11.6 Å². The normalized spacial score (nSPS) is 10.7. The van der Waals surface area contributed by atoms with Crippen LogP contribution in [0.3, 0.4) is 0 Å². The highest BCUT2D eigenvalue weighted by Gasteiger charge is 2.13. The molecule has 3 rings (SSSR count). The number of nitrogens with one attached hydrogen (secondary N) is 1. The molecule has 0 saturated carbocycles. The van der Waals surface area contributed by atoms with Gasteiger partial charge in [0.2, 0.25) is 0 Å². The summed E-state index contributed by atoms with van der Waals surface area (Å²) >= 11 is 6.12. The molecule has 2 heterocycles. The first-order chi connectivity index (χ1) is 12.3. The molecule has 0 aliphatic heterocycles. The van der Waals surface area contributed by atoms with Crippen LogP contribution in [-0.4, -0.2) is 30.4 Å². The summed E-state index contributed by atoms with van der Waals surface area (Å²) in [5.74, 6) is -0.456. The molecule has 3 aromatic rings. The van der Waals surface area contributed by atoms with Crippen LogP contribution in [-0.2, 0) is 6.67 Å². The number of aromatic nitrogens is 4. The van der Waals surface area contributed by atoms with Crippen LogP contribution in [0.1, 0.15) is 21.7 Å². The standard InChI is InChI=1S/C16H15ClN6O3/c1-10-15(17)11(2)22(20-10)9-21-8-13(7-18-21)19-16(24)12-4-3-5-14(6-12)23(25)26/h3-8H,9H2,1-2H3,(H,19,24). The molecule has 0 spiro atoms. The number of carbonyl (C=O) groups excluding carboxylic acids is 1. The first kappa shape index (κ1) is 17.6. The van der Waals surface area contributed by atoms with Crippen molar-refractivity contribution < 1.29 is 9.72 Å². The van der Waals surface area contributed by atoms with Crippen LogP contribution in [0.5, 0.6) is 0 Å². The molecule has 0 saturated heterocycles. The van der Waals surface area contributed by atoms with Crippen molar-refractivity contribution in [2.75, 3.05) is 5.32 Å². The fraction of sp³-hybridized carbons (Fsp3) is 0.188. The third-order valence-electron chi connectivity index (χ3n) is 3.78. The van der Waals surface area contributed by atoms with Crippen LogP contribution in [0.4, 0.5) is 11.4 Å². The molecule has 134 valence electrons. The summed E-state index contributed by atoms with van der Waals surface area (Å²) in [6.07, 6.45) is 3.13. The lowest BCUT2D eigenvalue weighted by Gasteiger charge is -2.04. The lowest BCUT2D eigenvalue weighted by Crippen LogP contribution is -2.13. The molecule has 0 unspecified atom stereocenters. The van der Waals surface area contributed by atoms with Crippen molar-refractivity contribution in [1.82, 2.24) is 19.6 Å². The zero-order valence-electron chi connectivity index (χ0n) is 14.0. The van der Waals surface area contributed by atoms with E-state index in [0.29, 0.717) is 17.4 Å². The average Bonchev–Trinajstić information content (AvgIpc) is 3.15. The molecule has 1 N–H and O–H groups in total. The Bertz CT molecular complexity index is 994. The van der Waals surface area contributed by atoms with Crippen molar-refractivity contribution in [2.24, 2.45) is 0 Å². The Balaban J connectivity index is 1.72. The zero-order chi connectivity index (χ0) is 18.8. The molecular formula is C16H15ClN6O3. The Labute approximate surface area is 153 Å². The van der Waals surface area contributed by atoms with Gasteiger partial charge in [-0.05, 0) is 19.9 Å². The smallest absolute Gasteiger partial charge is 0.270 e. The third-order valence-corrected chi connectivity index (χ3v) is 4.33. The largest absolute Gasteiger partial charge is 0.319 e. The van der Waals surface area contributed by atoms with Crippen LogP contribution < -0.4 is 5.32 Å². The number of hydrogen-bond donors (Lipinski definition) is 1. The van der Waals surface area contributed by atoms with Gasteiger partial charge < -0.3 is 5.32 Å². The second-order valence-corrected chi connectivity index (χ2v) is 6.03. The Morgan fingerprint density at radius 1 is 1.38 bits per heavy atom. The molecular weight excluding hydrogens is 360 g/mol. The Morgan fingerprint density at radius 2 is 2.15 bits per heavy atom. The second-order valence-electron chi connectivity index (χ2n) is 5.66. The molecule has 1 amide bonds. The zero-order valence-corrected chi connectivity index (χ0v) is 14.8. The number of benzene rings is 1. The van der Waals surface area contributed by atoms with Gasteiger partial charge in [0, 0.05) is 17.7 Å². The van der Waals surface area contributed by atoms with Crippen molar-refractivity contribution in [3.63, 3.8) is 0 Å². The van der Waals surface area contributed by atoms with E-state index in [9.17, 15) is 14.9 Å². The number of rotatable bonds is 5. The Hall–Kier alpha value is -3.20. The molecule has 0 atom stereocenters. The first-order valence-corrected chi connectivity index (χ1v) is 8.00. The highest BCUT2D eigenvalue weighted by molar-refractivity contribution is 6.31. The van der Waals surface area contributed by atoms with Crippen LogP contribution in [0.15, 0.2) is 36.7 Å². The number of anilines is 1. The minimum atomic E-state index is -0.547. The molecule has 0 radical (unpaired) electrons. The lowest BCUT2D eigenvalue weighted by molar-refractivity contribution is -0.384. The van der Waals surface area contributed by atoms with Crippen molar-refractivity contribution in [2.45, 2.75) is 20.5 Å². The molecule has 26 heavy (non-hydrogen) atoms. The summed E-state index contributed by atoms with van der Waals surface area (Å²) in [5, 5.41) is 22.6. The van der Waals surface area contributed by atoms with Gasteiger partial charge in [-0.25, -0.2) is 9.36 Å². The number of carbonyl (C=O) groups is 1. The minimum Gasteiger partial charge on any atom is -0.319 e. The molecule has 9 nitrogen and oxygen atoms in total. The number of nitrogens with zero attached hydrogens (tertiary/aromatic N) is 5. The topological polar surface area (TPSA) is 108 Å². The summed E-state index contributed by atoms with van der Waals surface area (Å²) in [6.45, 7) is 4.02. The third kappa shape index (κ3) is 3.57. The van der Waals surface area contributed by atoms with E-state index in [1.54, 1.807) is 15.6 Å². The molecule has 10 heteroatoms. The highest BCUT2D eigenvalue weighted by atomic mass is 35.5. The van der Waals surface area contributed by atoms with Gasteiger partial charge in [-0.2, -0.15) is 10.2 Å². The first-order valence-electron chi connectivity index (χ1n) is 7.63. The van der Waals surface area contributed by atoms with Gasteiger partial charge in [-0.3, -0.25) is 14.9 Å². The summed E-state index contributed by atoms with van der Waals surface area (Å²) in [5.41, 5.74) is 2.07. The van der Waals surface area contributed by atoms with Crippen molar-refractivity contribution >= 4 is 28.9 Å². The predicted molar refractivity (Wildman–Crippen MR) is 95.4 cm³/mol. The van der Waals surface area contributed by atoms with Gasteiger partial charge in [-0.1, -0.05) is 17.7 Å². The van der Waals surface area contributed by atoms with Crippen LogP contribution >= 0.6 is 11.6 Å². The van der Waals surface area contributed by atoms with Crippen LogP contribution in [0.2, 0.25) is 5.02 Å². The minimum absolute atomic E-state index is 0.144.